The van der Waals surface area contributed by atoms with Crippen LogP contribution in [0.15, 0.2) is 59.5 Å². The first-order valence-electron chi connectivity index (χ1n) is 8.02. The van der Waals surface area contributed by atoms with Crippen LogP contribution in [0.5, 0.6) is 5.75 Å². The number of aryl methyl sites for hydroxylation is 1. The first-order valence-corrected chi connectivity index (χ1v) is 9.00. The second-order valence-electron chi connectivity index (χ2n) is 5.43. The highest BCUT2D eigenvalue weighted by Gasteiger charge is 2.08. The predicted octanol–water partition coefficient (Wildman–Crippen LogP) is 3.81. The number of rotatable bonds is 8. The molecule has 4 nitrogen and oxygen atoms in total. The lowest BCUT2D eigenvalue weighted by Gasteiger charge is -2.18. The molecule has 0 spiro atoms. The Morgan fingerprint density at radius 1 is 1.12 bits per heavy atom. The standard InChI is InChI=1S/C19H24N2O2S/c1-16-8-6-7-11-18(16)23-14-13-21(2)19(22)20-12-15-24-17-9-4-3-5-10-17/h3-11H,12-15H2,1-2H3,(H,20,22). The van der Waals surface area contributed by atoms with Crippen molar-refractivity contribution >= 4 is 17.8 Å². The van der Waals surface area contributed by atoms with Gasteiger partial charge in [0.2, 0.25) is 0 Å². The number of benzene rings is 2. The summed E-state index contributed by atoms with van der Waals surface area (Å²) in [5.41, 5.74) is 1.10. The van der Waals surface area contributed by atoms with Gasteiger partial charge in [0.25, 0.3) is 0 Å². The van der Waals surface area contributed by atoms with Crippen molar-refractivity contribution in [3.05, 3.63) is 60.2 Å². The van der Waals surface area contributed by atoms with Gasteiger partial charge in [0.1, 0.15) is 12.4 Å². The molecule has 0 aliphatic carbocycles. The highest BCUT2D eigenvalue weighted by atomic mass is 32.2. The van der Waals surface area contributed by atoms with Crippen molar-refractivity contribution in [2.24, 2.45) is 0 Å². The van der Waals surface area contributed by atoms with Gasteiger partial charge in [0.05, 0.1) is 6.54 Å². The molecule has 128 valence electrons. The molecule has 5 heteroatoms. The van der Waals surface area contributed by atoms with E-state index in [0.717, 1.165) is 17.1 Å². The lowest BCUT2D eigenvalue weighted by Crippen LogP contribution is -2.40. The molecular formula is C19H24N2O2S. The maximum atomic E-state index is 12.0. The third kappa shape index (κ3) is 6.16. The summed E-state index contributed by atoms with van der Waals surface area (Å²) in [7, 11) is 1.78. The van der Waals surface area contributed by atoms with Gasteiger partial charge in [0.15, 0.2) is 0 Å². The van der Waals surface area contributed by atoms with E-state index in [4.69, 9.17) is 4.74 Å². The van der Waals surface area contributed by atoms with Crippen molar-refractivity contribution < 1.29 is 9.53 Å². The second kappa shape index (κ2) is 9.88. The summed E-state index contributed by atoms with van der Waals surface area (Å²) in [6.45, 7) is 3.68. The SMILES string of the molecule is Cc1ccccc1OCCN(C)C(=O)NCCSc1ccccc1. The number of para-hydroxylation sites is 1. The summed E-state index contributed by atoms with van der Waals surface area (Å²) in [5, 5.41) is 2.92. The maximum absolute atomic E-state index is 12.0. The number of urea groups is 1. The second-order valence-corrected chi connectivity index (χ2v) is 6.60. The number of nitrogens with one attached hydrogen (secondary N) is 1. The van der Waals surface area contributed by atoms with Crippen molar-refractivity contribution in [2.45, 2.75) is 11.8 Å². The number of carbonyl (C=O) groups is 1. The molecule has 0 fully saturated rings. The average molecular weight is 344 g/mol. The molecule has 2 amide bonds. The van der Waals surface area contributed by atoms with Crippen LogP contribution in [0.3, 0.4) is 0 Å². The van der Waals surface area contributed by atoms with Crippen LogP contribution in [0, 0.1) is 6.92 Å². The van der Waals surface area contributed by atoms with Crippen LogP contribution in [0.2, 0.25) is 0 Å². The van der Waals surface area contributed by atoms with E-state index in [1.807, 2.05) is 49.4 Å². The molecule has 0 aliphatic heterocycles. The zero-order chi connectivity index (χ0) is 17.2. The van der Waals surface area contributed by atoms with Crippen LogP contribution in [0.25, 0.3) is 0 Å². The summed E-state index contributed by atoms with van der Waals surface area (Å²) < 4.78 is 5.72. The minimum atomic E-state index is -0.0722. The Balaban J connectivity index is 1.61. The number of carbonyl (C=O) groups excluding carboxylic acids is 1. The molecule has 2 aromatic carbocycles. The third-order valence-corrected chi connectivity index (χ3v) is 4.53. The lowest BCUT2D eigenvalue weighted by molar-refractivity contribution is 0.196. The van der Waals surface area contributed by atoms with Gasteiger partial charge in [-0.2, -0.15) is 0 Å². The number of amides is 2. The van der Waals surface area contributed by atoms with E-state index in [1.165, 1.54) is 4.90 Å². The molecule has 2 rings (SSSR count). The fourth-order valence-electron chi connectivity index (χ4n) is 2.09. The molecule has 0 unspecified atom stereocenters. The number of likely N-dealkylation sites (N-methyl/N-ethyl adjacent to an activating group) is 1. The van der Waals surface area contributed by atoms with E-state index in [2.05, 4.69) is 17.4 Å². The molecule has 0 aliphatic rings. The van der Waals surface area contributed by atoms with Gasteiger partial charge in [-0.3, -0.25) is 0 Å². The third-order valence-electron chi connectivity index (χ3n) is 3.51. The minimum Gasteiger partial charge on any atom is -0.491 e. The van der Waals surface area contributed by atoms with E-state index in [-0.39, 0.29) is 6.03 Å². The number of ether oxygens (including phenoxy) is 1. The van der Waals surface area contributed by atoms with Crippen LogP contribution in [-0.4, -0.2) is 43.4 Å². The van der Waals surface area contributed by atoms with E-state index < -0.39 is 0 Å². The Morgan fingerprint density at radius 2 is 1.83 bits per heavy atom. The molecule has 1 N–H and O–H groups in total. The summed E-state index contributed by atoms with van der Waals surface area (Å²) in [5.74, 6) is 1.72. The van der Waals surface area contributed by atoms with Crippen LogP contribution in [0.1, 0.15) is 5.56 Å². The molecule has 0 bridgehead atoms. The van der Waals surface area contributed by atoms with Gasteiger partial charge in [-0.05, 0) is 30.7 Å². The molecule has 0 radical (unpaired) electrons. The number of hydrogen-bond acceptors (Lipinski definition) is 3. The highest BCUT2D eigenvalue weighted by Crippen LogP contribution is 2.16. The monoisotopic (exact) mass is 344 g/mol. The van der Waals surface area contributed by atoms with Crippen LogP contribution in [-0.2, 0) is 0 Å². The Labute approximate surface area is 148 Å². The van der Waals surface area contributed by atoms with Gasteiger partial charge in [-0.1, -0.05) is 36.4 Å². The number of hydrogen-bond donors (Lipinski definition) is 1. The molecule has 2 aromatic rings. The van der Waals surface area contributed by atoms with Crippen molar-refractivity contribution in [3.8, 4) is 5.75 Å². The first kappa shape index (κ1) is 18.2. The van der Waals surface area contributed by atoms with E-state index in [1.54, 1.807) is 23.7 Å². The summed E-state index contributed by atoms with van der Waals surface area (Å²) in [6.07, 6.45) is 0. The van der Waals surface area contributed by atoms with Gasteiger partial charge >= 0.3 is 6.03 Å². The molecule has 0 saturated carbocycles. The fourth-order valence-corrected chi connectivity index (χ4v) is 2.88. The Hall–Kier alpha value is -2.14. The Kier molecular flexibility index (Phi) is 7.49. The average Bonchev–Trinajstić information content (AvgIpc) is 2.61. The quantitative estimate of drug-likeness (QED) is 0.585. The van der Waals surface area contributed by atoms with Crippen molar-refractivity contribution in [3.63, 3.8) is 0 Å². The van der Waals surface area contributed by atoms with E-state index in [9.17, 15) is 4.79 Å². The van der Waals surface area contributed by atoms with Crippen LogP contribution >= 0.6 is 11.8 Å². The number of thioether (sulfide) groups is 1. The molecular weight excluding hydrogens is 320 g/mol. The molecule has 0 saturated heterocycles. The topological polar surface area (TPSA) is 41.6 Å². The van der Waals surface area contributed by atoms with Crippen LogP contribution < -0.4 is 10.1 Å². The van der Waals surface area contributed by atoms with Crippen LogP contribution in [0.4, 0.5) is 4.79 Å². The minimum absolute atomic E-state index is 0.0722. The zero-order valence-corrected chi connectivity index (χ0v) is 15.0. The van der Waals surface area contributed by atoms with Gasteiger partial charge in [-0.25, -0.2) is 4.79 Å². The summed E-state index contributed by atoms with van der Waals surface area (Å²) >= 11 is 1.73. The van der Waals surface area contributed by atoms with Crippen molar-refractivity contribution in [1.82, 2.24) is 10.2 Å². The fraction of sp³-hybridized carbons (Fsp3) is 0.316. The van der Waals surface area contributed by atoms with Crippen molar-refractivity contribution in [1.29, 1.82) is 0 Å². The molecule has 0 aromatic heterocycles. The summed E-state index contributed by atoms with van der Waals surface area (Å²) in [4.78, 5) is 14.9. The van der Waals surface area contributed by atoms with Gasteiger partial charge in [-0.15, -0.1) is 11.8 Å². The largest absolute Gasteiger partial charge is 0.491 e. The smallest absolute Gasteiger partial charge is 0.317 e. The maximum Gasteiger partial charge on any atom is 0.317 e. The van der Waals surface area contributed by atoms with E-state index in [0.29, 0.717) is 19.7 Å². The van der Waals surface area contributed by atoms with Gasteiger partial charge in [0, 0.05) is 24.2 Å². The summed E-state index contributed by atoms with van der Waals surface area (Å²) in [6, 6.07) is 18.0. The number of nitrogens with zero attached hydrogens (tertiary/aromatic N) is 1. The molecule has 0 atom stereocenters. The van der Waals surface area contributed by atoms with Crippen molar-refractivity contribution in [2.75, 3.05) is 32.5 Å². The predicted molar refractivity (Wildman–Crippen MR) is 99.9 cm³/mol. The van der Waals surface area contributed by atoms with E-state index >= 15 is 0 Å². The zero-order valence-electron chi connectivity index (χ0n) is 14.2. The Bertz CT molecular complexity index is 634. The molecule has 24 heavy (non-hydrogen) atoms. The lowest BCUT2D eigenvalue weighted by atomic mass is 10.2. The molecule has 0 heterocycles. The Morgan fingerprint density at radius 3 is 2.58 bits per heavy atom. The van der Waals surface area contributed by atoms with Gasteiger partial charge < -0.3 is 15.0 Å². The first-order chi connectivity index (χ1) is 11.7. The highest BCUT2D eigenvalue weighted by molar-refractivity contribution is 7.99. The normalized spacial score (nSPS) is 10.2.